The molecule has 0 bridgehead atoms. The van der Waals surface area contributed by atoms with Crippen molar-refractivity contribution >= 4 is 0 Å². The summed E-state index contributed by atoms with van der Waals surface area (Å²) in [5.41, 5.74) is 2.74. The van der Waals surface area contributed by atoms with Crippen LogP contribution in [0.5, 0.6) is 0 Å². The first kappa shape index (κ1) is 18.2. The largest absolute Gasteiger partial charge is 0.385 e. The number of methoxy groups -OCH3 is 1. The number of likely N-dealkylation sites (N-methyl/N-ethyl adjacent to an activating group) is 2. The normalized spacial score (nSPS) is 13.2. The van der Waals surface area contributed by atoms with Gasteiger partial charge in [0, 0.05) is 46.1 Å². The molecule has 0 aliphatic rings. The third-order valence-electron chi connectivity index (χ3n) is 3.47. The van der Waals surface area contributed by atoms with Crippen LogP contribution >= 0.6 is 0 Å². The van der Waals surface area contributed by atoms with Gasteiger partial charge in [-0.1, -0.05) is 18.6 Å². The number of hydrogen-bond donors (Lipinski definition) is 0. The molecule has 0 aromatic rings. The molecule has 0 aromatic heterocycles. The lowest BCUT2D eigenvalue weighted by atomic mass is 10.2. The van der Waals surface area contributed by atoms with Crippen LogP contribution in [-0.2, 0) is 4.74 Å². The van der Waals surface area contributed by atoms with Crippen molar-refractivity contribution in [3.63, 3.8) is 0 Å². The van der Waals surface area contributed by atoms with Crippen molar-refractivity contribution in [1.82, 2.24) is 9.80 Å². The van der Waals surface area contributed by atoms with E-state index in [1.54, 1.807) is 7.11 Å². The summed E-state index contributed by atoms with van der Waals surface area (Å²) < 4.78 is 5.07. The lowest BCUT2D eigenvalue weighted by Gasteiger charge is -2.24. The molecule has 0 rings (SSSR count). The predicted octanol–water partition coefficient (Wildman–Crippen LogP) is 3.15. The highest BCUT2D eigenvalue weighted by Gasteiger charge is 2.02. The summed E-state index contributed by atoms with van der Waals surface area (Å²) in [4.78, 5) is 4.67. The Kier molecular flexibility index (Phi) is 10.6. The Hall–Kier alpha value is -0.800. The molecule has 0 aliphatic heterocycles. The SMILES string of the molecule is CC/C(C)=C\C=C(/C)N(C)CCN(C)CCCOC. The average Bonchev–Trinajstić information content (AvgIpc) is 2.41. The van der Waals surface area contributed by atoms with Crippen LogP contribution in [0.15, 0.2) is 23.4 Å². The fraction of sp³-hybridized carbons (Fsp3) is 0.750. The van der Waals surface area contributed by atoms with E-state index in [4.69, 9.17) is 4.74 Å². The predicted molar refractivity (Wildman–Crippen MR) is 84.4 cm³/mol. The maximum Gasteiger partial charge on any atom is 0.0474 e. The molecule has 3 heteroatoms. The van der Waals surface area contributed by atoms with Crippen LogP contribution in [0.2, 0.25) is 0 Å². The van der Waals surface area contributed by atoms with Gasteiger partial charge in [-0.25, -0.2) is 0 Å². The fourth-order valence-electron chi connectivity index (χ4n) is 1.60. The highest BCUT2D eigenvalue weighted by molar-refractivity contribution is 5.14. The highest BCUT2D eigenvalue weighted by atomic mass is 16.5. The van der Waals surface area contributed by atoms with E-state index < -0.39 is 0 Å². The Morgan fingerprint density at radius 2 is 1.74 bits per heavy atom. The Labute approximate surface area is 119 Å². The van der Waals surface area contributed by atoms with Crippen molar-refractivity contribution in [1.29, 1.82) is 0 Å². The second kappa shape index (κ2) is 11.1. The first-order valence-corrected chi connectivity index (χ1v) is 7.23. The van der Waals surface area contributed by atoms with Crippen molar-refractivity contribution in [3.05, 3.63) is 23.4 Å². The first-order chi connectivity index (χ1) is 9.01. The lowest BCUT2D eigenvalue weighted by Crippen LogP contribution is -2.30. The van der Waals surface area contributed by atoms with E-state index in [0.29, 0.717) is 0 Å². The third kappa shape index (κ3) is 9.74. The van der Waals surface area contributed by atoms with Gasteiger partial charge < -0.3 is 14.5 Å². The maximum absolute atomic E-state index is 5.07. The van der Waals surface area contributed by atoms with Gasteiger partial charge in [0.15, 0.2) is 0 Å². The van der Waals surface area contributed by atoms with Gasteiger partial charge in [0.1, 0.15) is 0 Å². The molecule has 0 aromatic carbocycles. The fourth-order valence-corrected chi connectivity index (χ4v) is 1.60. The summed E-state index contributed by atoms with van der Waals surface area (Å²) in [5, 5.41) is 0. The number of ether oxygens (including phenoxy) is 1. The van der Waals surface area contributed by atoms with E-state index in [9.17, 15) is 0 Å². The Morgan fingerprint density at radius 3 is 2.32 bits per heavy atom. The summed E-state index contributed by atoms with van der Waals surface area (Å²) in [6.07, 6.45) is 6.65. The quantitative estimate of drug-likeness (QED) is 0.447. The molecule has 0 radical (unpaired) electrons. The third-order valence-corrected chi connectivity index (χ3v) is 3.47. The highest BCUT2D eigenvalue weighted by Crippen LogP contribution is 2.04. The van der Waals surface area contributed by atoms with Crippen LogP contribution in [0.3, 0.4) is 0 Å². The van der Waals surface area contributed by atoms with E-state index in [2.05, 4.69) is 56.8 Å². The zero-order valence-electron chi connectivity index (χ0n) is 13.7. The van der Waals surface area contributed by atoms with Crippen LogP contribution in [0.1, 0.15) is 33.6 Å². The van der Waals surface area contributed by atoms with Crippen LogP contribution in [-0.4, -0.2) is 57.2 Å². The van der Waals surface area contributed by atoms with Crippen LogP contribution in [0.25, 0.3) is 0 Å². The Bertz CT molecular complexity index is 284. The van der Waals surface area contributed by atoms with E-state index in [1.165, 1.54) is 11.3 Å². The van der Waals surface area contributed by atoms with Gasteiger partial charge in [-0.3, -0.25) is 0 Å². The molecule has 0 fully saturated rings. The van der Waals surface area contributed by atoms with E-state index >= 15 is 0 Å². The molecule has 0 amide bonds. The molecule has 0 saturated carbocycles. The molecular weight excluding hydrogens is 236 g/mol. The van der Waals surface area contributed by atoms with Gasteiger partial charge in [0.25, 0.3) is 0 Å². The summed E-state index contributed by atoms with van der Waals surface area (Å²) in [5.74, 6) is 0. The van der Waals surface area contributed by atoms with Crippen molar-refractivity contribution in [2.45, 2.75) is 33.6 Å². The molecule has 0 spiro atoms. The smallest absolute Gasteiger partial charge is 0.0474 e. The summed E-state index contributed by atoms with van der Waals surface area (Å²) >= 11 is 0. The van der Waals surface area contributed by atoms with Gasteiger partial charge in [0.05, 0.1) is 0 Å². The molecule has 3 nitrogen and oxygen atoms in total. The van der Waals surface area contributed by atoms with E-state index in [1.807, 2.05) is 0 Å². The number of nitrogens with zero attached hydrogens (tertiary/aromatic N) is 2. The summed E-state index contributed by atoms with van der Waals surface area (Å²) in [7, 11) is 6.08. The second-order valence-corrected chi connectivity index (χ2v) is 5.25. The van der Waals surface area contributed by atoms with E-state index in [0.717, 1.165) is 39.1 Å². The number of rotatable bonds is 10. The molecule has 0 aliphatic carbocycles. The Balaban J connectivity index is 3.99. The van der Waals surface area contributed by atoms with Crippen molar-refractivity contribution in [2.75, 3.05) is 47.4 Å². The molecule has 0 atom stereocenters. The van der Waals surface area contributed by atoms with Gasteiger partial charge in [-0.15, -0.1) is 0 Å². The minimum absolute atomic E-state index is 0.847. The minimum Gasteiger partial charge on any atom is -0.385 e. The monoisotopic (exact) mass is 268 g/mol. The second-order valence-electron chi connectivity index (χ2n) is 5.25. The number of allylic oxidation sites excluding steroid dienone is 4. The lowest BCUT2D eigenvalue weighted by molar-refractivity contribution is 0.177. The standard InChI is InChI=1S/C16H32N2O/c1-7-15(2)9-10-16(3)18(5)13-12-17(4)11-8-14-19-6/h9-10H,7-8,11-14H2,1-6H3/b15-9-,16-10+. The Morgan fingerprint density at radius 1 is 1.05 bits per heavy atom. The topological polar surface area (TPSA) is 15.7 Å². The molecule has 19 heavy (non-hydrogen) atoms. The van der Waals surface area contributed by atoms with Crippen molar-refractivity contribution in [3.8, 4) is 0 Å². The molecule has 0 saturated heterocycles. The van der Waals surface area contributed by atoms with Crippen LogP contribution in [0.4, 0.5) is 0 Å². The van der Waals surface area contributed by atoms with E-state index in [-0.39, 0.29) is 0 Å². The van der Waals surface area contributed by atoms with Crippen LogP contribution < -0.4 is 0 Å². The van der Waals surface area contributed by atoms with Gasteiger partial charge in [-0.2, -0.15) is 0 Å². The van der Waals surface area contributed by atoms with Gasteiger partial charge >= 0.3 is 0 Å². The van der Waals surface area contributed by atoms with Gasteiger partial charge in [0.2, 0.25) is 0 Å². The molecule has 0 N–H and O–H groups in total. The molecule has 0 heterocycles. The van der Waals surface area contributed by atoms with Crippen molar-refractivity contribution in [2.24, 2.45) is 0 Å². The van der Waals surface area contributed by atoms with Gasteiger partial charge in [-0.05, 0) is 39.8 Å². The molecular formula is C16H32N2O. The molecule has 112 valence electrons. The summed E-state index contributed by atoms with van der Waals surface area (Å²) in [6, 6.07) is 0. The first-order valence-electron chi connectivity index (χ1n) is 7.23. The van der Waals surface area contributed by atoms with Crippen molar-refractivity contribution < 1.29 is 4.74 Å². The number of hydrogen-bond acceptors (Lipinski definition) is 3. The van der Waals surface area contributed by atoms with Crippen LogP contribution in [0, 0.1) is 0 Å². The zero-order chi connectivity index (χ0) is 14.7. The summed E-state index contributed by atoms with van der Waals surface area (Å²) in [6.45, 7) is 10.6. The minimum atomic E-state index is 0.847. The average molecular weight is 268 g/mol. The zero-order valence-corrected chi connectivity index (χ0v) is 13.7. The maximum atomic E-state index is 5.07. The molecule has 0 unspecified atom stereocenters.